The largest absolute Gasteiger partial charge is 0.483 e. The molecule has 7 heteroatoms. The van der Waals surface area contributed by atoms with E-state index in [0.717, 1.165) is 45.0 Å². The first kappa shape index (κ1) is 20.7. The van der Waals surface area contributed by atoms with Crippen LogP contribution in [0.2, 0.25) is 5.02 Å². The molecule has 28 heavy (non-hydrogen) atoms. The van der Waals surface area contributed by atoms with Crippen molar-refractivity contribution in [3.63, 3.8) is 0 Å². The molecule has 0 radical (unpaired) electrons. The number of nitrogens with zero attached hydrogens (tertiary/aromatic N) is 3. The van der Waals surface area contributed by atoms with Crippen LogP contribution in [0.3, 0.4) is 0 Å². The summed E-state index contributed by atoms with van der Waals surface area (Å²) in [7, 11) is 0. The number of aryl methyl sites for hydroxylation is 2. The number of thioether (sulfide) groups is 1. The van der Waals surface area contributed by atoms with Crippen LogP contribution in [0.25, 0.3) is 0 Å². The number of hydrogen-bond donors (Lipinski definition) is 0. The third-order valence-electron chi connectivity index (χ3n) is 4.43. The van der Waals surface area contributed by atoms with Crippen molar-refractivity contribution in [3.8, 4) is 5.75 Å². The van der Waals surface area contributed by atoms with Gasteiger partial charge in [-0.25, -0.2) is 4.39 Å². The second kappa shape index (κ2) is 8.97. The number of halogens is 2. The lowest BCUT2D eigenvalue weighted by atomic mass is 10.1. The summed E-state index contributed by atoms with van der Waals surface area (Å²) in [6.07, 6.45) is -0.257. The van der Waals surface area contributed by atoms with Gasteiger partial charge in [0.05, 0.1) is 0 Å². The summed E-state index contributed by atoms with van der Waals surface area (Å²) in [5.74, 6) is 2.00. The molecule has 0 amide bonds. The summed E-state index contributed by atoms with van der Waals surface area (Å²) >= 11 is 7.82. The van der Waals surface area contributed by atoms with E-state index in [4.69, 9.17) is 16.3 Å². The number of hydrogen-bond acceptors (Lipinski definition) is 4. The molecule has 0 N–H and O–H groups in total. The molecule has 1 unspecified atom stereocenters. The van der Waals surface area contributed by atoms with Crippen LogP contribution in [0.15, 0.2) is 41.6 Å². The lowest BCUT2D eigenvalue weighted by molar-refractivity contribution is 0.209. The zero-order chi connectivity index (χ0) is 20.3. The Morgan fingerprint density at radius 2 is 1.79 bits per heavy atom. The van der Waals surface area contributed by atoms with Crippen LogP contribution in [0.4, 0.5) is 4.39 Å². The molecule has 0 aliphatic carbocycles. The van der Waals surface area contributed by atoms with Gasteiger partial charge >= 0.3 is 0 Å². The van der Waals surface area contributed by atoms with Gasteiger partial charge in [0.2, 0.25) is 0 Å². The second-order valence-corrected chi connectivity index (χ2v) is 7.95. The van der Waals surface area contributed by atoms with Crippen LogP contribution in [0.1, 0.15) is 42.5 Å². The molecule has 1 aromatic heterocycles. The lowest BCUT2D eigenvalue weighted by Gasteiger charge is -2.17. The number of benzene rings is 2. The molecular weight excluding hydrogens is 397 g/mol. The molecule has 2 aromatic carbocycles. The molecule has 0 bridgehead atoms. The van der Waals surface area contributed by atoms with E-state index in [1.807, 2.05) is 32.9 Å². The quantitative estimate of drug-likeness (QED) is 0.431. The Morgan fingerprint density at radius 3 is 2.39 bits per heavy atom. The van der Waals surface area contributed by atoms with Crippen molar-refractivity contribution in [2.24, 2.45) is 0 Å². The van der Waals surface area contributed by atoms with Crippen LogP contribution < -0.4 is 4.74 Å². The molecule has 0 saturated carbocycles. The molecule has 3 aromatic rings. The van der Waals surface area contributed by atoms with Gasteiger partial charge in [-0.3, -0.25) is 0 Å². The SMILES string of the molecule is CCn1c(SCc2ccc(F)cc2)nnc1C(C)Oc1cc(C)c(Cl)c(C)c1. The van der Waals surface area contributed by atoms with Crippen molar-refractivity contribution in [1.82, 2.24) is 14.8 Å². The molecule has 148 valence electrons. The molecule has 0 aliphatic rings. The highest BCUT2D eigenvalue weighted by Crippen LogP contribution is 2.30. The molecular formula is C21H23ClFN3OS. The second-order valence-electron chi connectivity index (χ2n) is 6.63. The van der Waals surface area contributed by atoms with Gasteiger partial charge < -0.3 is 9.30 Å². The molecule has 4 nitrogen and oxygen atoms in total. The Hall–Kier alpha value is -2.05. The van der Waals surface area contributed by atoms with E-state index >= 15 is 0 Å². The van der Waals surface area contributed by atoms with Gasteiger partial charge in [-0.2, -0.15) is 0 Å². The minimum atomic E-state index is -0.257. The predicted octanol–water partition coefficient (Wildman–Crippen LogP) is 6.14. The van der Waals surface area contributed by atoms with E-state index in [-0.39, 0.29) is 11.9 Å². The first-order valence-electron chi connectivity index (χ1n) is 9.12. The topological polar surface area (TPSA) is 39.9 Å². The molecule has 1 heterocycles. The van der Waals surface area contributed by atoms with E-state index in [9.17, 15) is 4.39 Å². The third kappa shape index (κ3) is 4.67. The summed E-state index contributed by atoms with van der Waals surface area (Å²) in [5.41, 5.74) is 3.00. The summed E-state index contributed by atoms with van der Waals surface area (Å²) in [6, 6.07) is 10.4. The Morgan fingerprint density at radius 1 is 1.14 bits per heavy atom. The molecule has 0 aliphatic heterocycles. The Kier molecular flexibility index (Phi) is 6.62. The van der Waals surface area contributed by atoms with Crippen molar-refractivity contribution in [1.29, 1.82) is 0 Å². The molecule has 0 fully saturated rings. The first-order valence-corrected chi connectivity index (χ1v) is 10.5. The highest BCUT2D eigenvalue weighted by Gasteiger charge is 2.19. The fourth-order valence-electron chi connectivity index (χ4n) is 2.96. The van der Waals surface area contributed by atoms with E-state index in [1.54, 1.807) is 23.9 Å². The lowest BCUT2D eigenvalue weighted by Crippen LogP contribution is -2.12. The maximum atomic E-state index is 13.1. The van der Waals surface area contributed by atoms with Gasteiger partial charge in [-0.05, 0) is 68.7 Å². The standard InChI is InChI=1S/C21H23ClFN3OS/c1-5-26-20(15(4)27-18-10-13(2)19(22)14(3)11-18)24-25-21(26)28-12-16-6-8-17(23)9-7-16/h6-11,15H,5,12H2,1-4H3. The minimum Gasteiger partial charge on any atom is -0.483 e. The van der Waals surface area contributed by atoms with Crippen LogP contribution in [-0.2, 0) is 12.3 Å². The van der Waals surface area contributed by atoms with Crippen molar-refractivity contribution < 1.29 is 9.13 Å². The van der Waals surface area contributed by atoms with Gasteiger partial charge in [0.1, 0.15) is 11.6 Å². The van der Waals surface area contributed by atoms with Crippen LogP contribution in [0, 0.1) is 19.7 Å². The van der Waals surface area contributed by atoms with Gasteiger partial charge in [-0.15, -0.1) is 10.2 Å². The summed E-state index contributed by atoms with van der Waals surface area (Å²) < 4.78 is 21.2. The monoisotopic (exact) mass is 419 g/mol. The fourth-order valence-corrected chi connectivity index (χ4v) is 4.04. The third-order valence-corrected chi connectivity index (χ3v) is 6.06. The highest BCUT2D eigenvalue weighted by atomic mass is 35.5. The summed E-state index contributed by atoms with van der Waals surface area (Å²) in [6.45, 7) is 8.68. The first-order chi connectivity index (χ1) is 13.4. The fraction of sp³-hybridized carbons (Fsp3) is 0.333. The predicted molar refractivity (Wildman–Crippen MR) is 112 cm³/mol. The van der Waals surface area contributed by atoms with Gasteiger partial charge in [-0.1, -0.05) is 35.5 Å². The van der Waals surface area contributed by atoms with E-state index < -0.39 is 0 Å². The normalized spacial score (nSPS) is 12.2. The van der Waals surface area contributed by atoms with Gasteiger partial charge in [0.15, 0.2) is 17.1 Å². The molecule has 0 saturated heterocycles. The molecule has 1 atom stereocenters. The summed E-state index contributed by atoms with van der Waals surface area (Å²) in [4.78, 5) is 0. The van der Waals surface area contributed by atoms with Gasteiger partial charge in [0, 0.05) is 17.3 Å². The maximum absolute atomic E-state index is 13.1. The van der Waals surface area contributed by atoms with Crippen LogP contribution in [-0.4, -0.2) is 14.8 Å². The number of aromatic nitrogens is 3. The zero-order valence-corrected chi connectivity index (χ0v) is 17.9. The van der Waals surface area contributed by atoms with Crippen molar-refractivity contribution >= 4 is 23.4 Å². The smallest absolute Gasteiger partial charge is 0.191 e. The molecule has 3 rings (SSSR count). The summed E-state index contributed by atoms with van der Waals surface area (Å²) in [5, 5.41) is 10.3. The Bertz CT molecular complexity index is 936. The zero-order valence-electron chi connectivity index (χ0n) is 16.4. The van der Waals surface area contributed by atoms with E-state index in [2.05, 4.69) is 21.7 Å². The Labute approximate surface area is 174 Å². The van der Waals surface area contributed by atoms with Crippen molar-refractivity contribution in [2.75, 3.05) is 0 Å². The molecule has 0 spiro atoms. The van der Waals surface area contributed by atoms with Crippen molar-refractivity contribution in [3.05, 3.63) is 69.8 Å². The maximum Gasteiger partial charge on any atom is 0.191 e. The van der Waals surface area contributed by atoms with Gasteiger partial charge in [0.25, 0.3) is 0 Å². The Balaban J connectivity index is 1.74. The van der Waals surface area contributed by atoms with Crippen LogP contribution >= 0.6 is 23.4 Å². The van der Waals surface area contributed by atoms with E-state index in [1.165, 1.54) is 12.1 Å². The van der Waals surface area contributed by atoms with Crippen LogP contribution in [0.5, 0.6) is 5.75 Å². The minimum absolute atomic E-state index is 0.230. The van der Waals surface area contributed by atoms with E-state index in [0.29, 0.717) is 5.75 Å². The average Bonchev–Trinajstić information content (AvgIpc) is 3.08. The number of ether oxygens (including phenoxy) is 1. The highest BCUT2D eigenvalue weighted by molar-refractivity contribution is 7.98. The van der Waals surface area contributed by atoms with Crippen molar-refractivity contribution in [2.45, 2.75) is 51.3 Å². The number of rotatable bonds is 7. The average molecular weight is 420 g/mol.